The summed E-state index contributed by atoms with van der Waals surface area (Å²) < 4.78 is 5.47. The van der Waals surface area contributed by atoms with E-state index in [0.29, 0.717) is 0 Å². The van der Waals surface area contributed by atoms with Crippen LogP contribution >= 0.6 is 0 Å². The van der Waals surface area contributed by atoms with Crippen LogP contribution in [0.25, 0.3) is 0 Å². The van der Waals surface area contributed by atoms with Gasteiger partial charge in [0.25, 0.3) is 0 Å². The maximum absolute atomic E-state index is 5.47. The van der Waals surface area contributed by atoms with Crippen LogP contribution in [0.4, 0.5) is 5.82 Å². The summed E-state index contributed by atoms with van der Waals surface area (Å²) in [4.78, 5) is 4.17. The monoisotopic (exact) mass is 204 g/mol. The molecular formula is C12H16N2O. The average Bonchev–Trinajstić information content (AvgIpc) is 2.26. The maximum Gasteiger partial charge on any atom is 0.156 e. The molecule has 0 radical (unpaired) electrons. The molecular weight excluding hydrogens is 188 g/mol. The van der Waals surface area contributed by atoms with Crippen molar-refractivity contribution in [3.63, 3.8) is 0 Å². The van der Waals surface area contributed by atoms with Gasteiger partial charge >= 0.3 is 0 Å². The normalized spacial score (nSPS) is 11.5. The highest BCUT2D eigenvalue weighted by Gasteiger charge is 2.00. The Morgan fingerprint density at radius 2 is 2.47 bits per heavy atom. The molecule has 0 saturated carbocycles. The van der Waals surface area contributed by atoms with Crippen LogP contribution in [0.15, 0.2) is 18.3 Å². The number of ether oxygens (including phenoxy) is 1. The van der Waals surface area contributed by atoms with Gasteiger partial charge in [-0.2, -0.15) is 0 Å². The van der Waals surface area contributed by atoms with Crippen molar-refractivity contribution >= 4 is 5.82 Å². The van der Waals surface area contributed by atoms with Gasteiger partial charge < -0.3 is 10.1 Å². The minimum Gasteiger partial charge on any atom is -0.478 e. The number of hydrogen-bond donors (Lipinski definition) is 1. The van der Waals surface area contributed by atoms with Crippen LogP contribution < -0.4 is 10.1 Å². The van der Waals surface area contributed by atoms with Gasteiger partial charge in [0.15, 0.2) is 6.10 Å². The molecule has 1 unspecified atom stereocenters. The summed E-state index contributed by atoms with van der Waals surface area (Å²) >= 11 is 0. The molecule has 0 aliphatic carbocycles. The Bertz CT molecular complexity index is 344. The van der Waals surface area contributed by atoms with Gasteiger partial charge in [0.1, 0.15) is 11.6 Å². The number of hydrogen-bond acceptors (Lipinski definition) is 3. The summed E-state index contributed by atoms with van der Waals surface area (Å²) in [5.41, 5.74) is 0. The third-order valence-corrected chi connectivity index (χ3v) is 1.84. The highest BCUT2D eigenvalue weighted by atomic mass is 16.5. The summed E-state index contributed by atoms with van der Waals surface area (Å²) in [5.74, 6) is 4.08. The Hall–Kier alpha value is -1.69. The van der Waals surface area contributed by atoms with E-state index in [0.717, 1.165) is 24.5 Å². The number of rotatable bonds is 5. The molecule has 0 saturated heterocycles. The third-order valence-electron chi connectivity index (χ3n) is 1.84. The lowest BCUT2D eigenvalue weighted by atomic mass is 10.4. The SMILES string of the molecule is C#CC(C)Oc1ccnc(NCCC)c1. The Kier molecular flexibility index (Phi) is 4.49. The van der Waals surface area contributed by atoms with E-state index in [1.165, 1.54) is 0 Å². The van der Waals surface area contributed by atoms with Gasteiger partial charge in [-0.1, -0.05) is 12.8 Å². The molecule has 80 valence electrons. The predicted octanol–water partition coefficient (Wildman–Crippen LogP) is 2.30. The number of nitrogens with one attached hydrogen (secondary N) is 1. The summed E-state index contributed by atoms with van der Waals surface area (Å²) in [7, 11) is 0. The molecule has 0 spiro atoms. The molecule has 3 heteroatoms. The molecule has 1 aromatic rings. The van der Waals surface area contributed by atoms with E-state index >= 15 is 0 Å². The van der Waals surface area contributed by atoms with Gasteiger partial charge in [0.2, 0.25) is 0 Å². The second-order valence-corrected chi connectivity index (χ2v) is 3.23. The zero-order valence-electron chi connectivity index (χ0n) is 9.16. The first-order valence-electron chi connectivity index (χ1n) is 5.09. The lowest BCUT2D eigenvalue weighted by Crippen LogP contribution is -2.09. The topological polar surface area (TPSA) is 34.1 Å². The molecule has 0 aliphatic rings. The summed E-state index contributed by atoms with van der Waals surface area (Å²) in [6.45, 7) is 4.84. The average molecular weight is 204 g/mol. The molecule has 15 heavy (non-hydrogen) atoms. The summed E-state index contributed by atoms with van der Waals surface area (Å²) in [6.07, 6.45) is 7.78. The number of terminal acetylenes is 1. The van der Waals surface area contributed by atoms with E-state index in [2.05, 4.69) is 23.1 Å². The first-order valence-corrected chi connectivity index (χ1v) is 5.09. The lowest BCUT2D eigenvalue weighted by Gasteiger charge is -2.10. The fourth-order valence-corrected chi connectivity index (χ4v) is 1.07. The summed E-state index contributed by atoms with van der Waals surface area (Å²) in [6, 6.07) is 3.65. The predicted molar refractivity (Wildman–Crippen MR) is 61.9 cm³/mol. The quantitative estimate of drug-likeness (QED) is 0.747. The van der Waals surface area contributed by atoms with E-state index in [1.807, 2.05) is 13.0 Å². The molecule has 3 nitrogen and oxygen atoms in total. The Labute approximate surface area is 90.9 Å². The molecule has 1 heterocycles. The second kappa shape index (κ2) is 5.92. The first kappa shape index (κ1) is 11.4. The van der Waals surface area contributed by atoms with Gasteiger partial charge in [0, 0.05) is 18.8 Å². The van der Waals surface area contributed by atoms with Crippen LogP contribution in [0.5, 0.6) is 5.75 Å². The number of aromatic nitrogens is 1. The summed E-state index contributed by atoms with van der Waals surface area (Å²) in [5, 5.41) is 3.18. The highest BCUT2D eigenvalue weighted by molar-refractivity contribution is 5.40. The van der Waals surface area contributed by atoms with Gasteiger partial charge in [-0.25, -0.2) is 4.98 Å². The van der Waals surface area contributed by atoms with Crippen molar-refractivity contribution in [1.29, 1.82) is 0 Å². The van der Waals surface area contributed by atoms with Crippen LogP contribution in [0.3, 0.4) is 0 Å². The molecule has 1 aromatic heterocycles. The van der Waals surface area contributed by atoms with Crippen molar-refractivity contribution in [3.05, 3.63) is 18.3 Å². The standard InChI is InChI=1S/C12H16N2O/c1-4-7-13-12-9-11(6-8-14-12)15-10(3)5-2/h2,6,8-10H,4,7H2,1,3H3,(H,13,14). The van der Waals surface area contributed by atoms with Crippen molar-refractivity contribution in [2.75, 3.05) is 11.9 Å². The third kappa shape index (κ3) is 3.90. The fraction of sp³-hybridized carbons (Fsp3) is 0.417. The van der Waals surface area contributed by atoms with Crippen molar-refractivity contribution in [2.24, 2.45) is 0 Å². The molecule has 1 N–H and O–H groups in total. The van der Waals surface area contributed by atoms with E-state index < -0.39 is 0 Å². The highest BCUT2D eigenvalue weighted by Crippen LogP contribution is 2.15. The van der Waals surface area contributed by atoms with Gasteiger partial charge in [-0.05, 0) is 19.4 Å². The van der Waals surface area contributed by atoms with E-state index in [-0.39, 0.29) is 6.10 Å². The van der Waals surface area contributed by atoms with Gasteiger partial charge in [0.05, 0.1) is 0 Å². The van der Waals surface area contributed by atoms with Crippen molar-refractivity contribution in [1.82, 2.24) is 4.98 Å². The first-order chi connectivity index (χ1) is 7.26. The second-order valence-electron chi connectivity index (χ2n) is 3.23. The number of pyridine rings is 1. The van der Waals surface area contributed by atoms with Crippen LogP contribution in [-0.4, -0.2) is 17.6 Å². The number of anilines is 1. The minimum atomic E-state index is -0.216. The molecule has 0 amide bonds. The van der Waals surface area contributed by atoms with Crippen LogP contribution in [0.2, 0.25) is 0 Å². The van der Waals surface area contributed by atoms with Crippen molar-refractivity contribution in [2.45, 2.75) is 26.4 Å². The fourth-order valence-electron chi connectivity index (χ4n) is 1.07. The smallest absolute Gasteiger partial charge is 0.156 e. The van der Waals surface area contributed by atoms with E-state index in [1.54, 1.807) is 12.3 Å². The molecule has 0 bridgehead atoms. The Morgan fingerprint density at radius 3 is 3.13 bits per heavy atom. The zero-order valence-corrected chi connectivity index (χ0v) is 9.16. The molecule has 0 aliphatic heterocycles. The molecule has 0 fully saturated rings. The minimum absolute atomic E-state index is 0.216. The molecule has 1 atom stereocenters. The Balaban J connectivity index is 2.62. The van der Waals surface area contributed by atoms with Crippen LogP contribution in [-0.2, 0) is 0 Å². The van der Waals surface area contributed by atoms with Crippen LogP contribution in [0, 0.1) is 12.3 Å². The number of nitrogens with zero attached hydrogens (tertiary/aromatic N) is 1. The molecule has 0 aromatic carbocycles. The van der Waals surface area contributed by atoms with Gasteiger partial charge in [-0.15, -0.1) is 6.42 Å². The Morgan fingerprint density at radius 1 is 1.67 bits per heavy atom. The molecule has 1 rings (SSSR count). The van der Waals surface area contributed by atoms with Gasteiger partial charge in [-0.3, -0.25) is 0 Å². The van der Waals surface area contributed by atoms with Crippen LogP contribution in [0.1, 0.15) is 20.3 Å². The van der Waals surface area contributed by atoms with Crippen molar-refractivity contribution < 1.29 is 4.74 Å². The van der Waals surface area contributed by atoms with Crippen molar-refractivity contribution in [3.8, 4) is 18.1 Å². The zero-order chi connectivity index (χ0) is 11.1. The van der Waals surface area contributed by atoms with E-state index in [4.69, 9.17) is 11.2 Å². The van der Waals surface area contributed by atoms with E-state index in [9.17, 15) is 0 Å². The lowest BCUT2D eigenvalue weighted by molar-refractivity contribution is 0.279. The largest absolute Gasteiger partial charge is 0.478 e. The maximum atomic E-state index is 5.47.